The number of methoxy groups -OCH3 is 1. The number of carbonyl (C=O) groups is 1. The molecule has 5 heteroatoms. The van der Waals surface area contributed by atoms with Crippen LogP contribution in [0.15, 0.2) is 30.3 Å². The molecule has 1 amide bonds. The molecule has 0 bridgehead atoms. The Hall–Kier alpha value is -1.43. The summed E-state index contributed by atoms with van der Waals surface area (Å²) < 4.78 is 5.17. The Kier molecular flexibility index (Phi) is 7.02. The van der Waals surface area contributed by atoms with Crippen LogP contribution in [0.25, 0.3) is 0 Å². The summed E-state index contributed by atoms with van der Waals surface area (Å²) in [5.41, 5.74) is 0.970. The van der Waals surface area contributed by atoms with E-state index in [1.54, 1.807) is 7.11 Å². The molecule has 0 spiro atoms. The second kappa shape index (κ2) is 9.01. The molecule has 1 fully saturated rings. The van der Waals surface area contributed by atoms with Gasteiger partial charge in [0, 0.05) is 32.2 Å². The smallest absolute Gasteiger partial charge is 0.234 e. The average molecular weight is 320 g/mol. The maximum absolute atomic E-state index is 12.2. The van der Waals surface area contributed by atoms with Crippen LogP contribution < -0.4 is 5.32 Å². The second-order valence-electron chi connectivity index (χ2n) is 6.48. The summed E-state index contributed by atoms with van der Waals surface area (Å²) >= 11 is 0. The Morgan fingerprint density at radius 2 is 2.17 bits per heavy atom. The molecule has 1 heterocycles. The van der Waals surface area contributed by atoms with Gasteiger partial charge in [0.2, 0.25) is 5.91 Å². The van der Waals surface area contributed by atoms with Crippen LogP contribution in [0.1, 0.15) is 24.8 Å². The highest BCUT2D eigenvalue weighted by molar-refractivity contribution is 5.78. The number of benzene rings is 1. The lowest BCUT2D eigenvalue weighted by Gasteiger charge is -2.41. The lowest BCUT2D eigenvalue weighted by molar-refractivity contribution is -0.123. The van der Waals surface area contributed by atoms with Gasteiger partial charge in [0.05, 0.1) is 13.2 Å². The summed E-state index contributed by atoms with van der Waals surface area (Å²) in [4.78, 5) is 14.3. The van der Waals surface area contributed by atoms with E-state index in [9.17, 15) is 9.90 Å². The number of aliphatic hydroxyl groups excluding tert-OH is 1. The molecule has 128 valence electrons. The predicted octanol–water partition coefficient (Wildman–Crippen LogP) is 1.41. The summed E-state index contributed by atoms with van der Waals surface area (Å²) in [6.07, 6.45) is 2.84. The van der Waals surface area contributed by atoms with Gasteiger partial charge in [-0.15, -0.1) is 0 Å². The van der Waals surface area contributed by atoms with Gasteiger partial charge in [0.25, 0.3) is 0 Å². The van der Waals surface area contributed by atoms with Crippen molar-refractivity contribution in [1.82, 2.24) is 10.2 Å². The molecule has 1 aromatic carbocycles. The van der Waals surface area contributed by atoms with Crippen molar-refractivity contribution in [2.24, 2.45) is 5.41 Å². The summed E-state index contributed by atoms with van der Waals surface area (Å²) in [5.74, 6) is 0.0364. The van der Waals surface area contributed by atoms with Gasteiger partial charge in [-0.2, -0.15) is 0 Å². The fourth-order valence-corrected chi connectivity index (χ4v) is 3.23. The minimum absolute atomic E-state index is 0.0364. The highest BCUT2D eigenvalue weighted by Gasteiger charge is 2.35. The summed E-state index contributed by atoms with van der Waals surface area (Å²) in [6, 6.07) is 9.91. The average Bonchev–Trinajstić information content (AvgIpc) is 2.59. The Morgan fingerprint density at radius 3 is 2.87 bits per heavy atom. The molecular formula is C18H28N2O3. The molecule has 1 unspecified atom stereocenters. The molecule has 1 aliphatic rings. The van der Waals surface area contributed by atoms with Crippen molar-refractivity contribution in [2.45, 2.75) is 25.8 Å². The maximum atomic E-state index is 12.2. The van der Waals surface area contributed by atoms with Crippen molar-refractivity contribution >= 4 is 5.91 Å². The topological polar surface area (TPSA) is 61.8 Å². The first-order chi connectivity index (χ1) is 11.2. The zero-order valence-electron chi connectivity index (χ0n) is 14.0. The summed E-state index contributed by atoms with van der Waals surface area (Å²) in [5, 5.41) is 12.8. The minimum Gasteiger partial charge on any atom is -0.396 e. The van der Waals surface area contributed by atoms with Gasteiger partial charge < -0.3 is 15.2 Å². The van der Waals surface area contributed by atoms with Crippen molar-refractivity contribution in [3.63, 3.8) is 0 Å². The molecule has 5 nitrogen and oxygen atoms in total. The molecule has 0 aliphatic carbocycles. The number of nitrogens with one attached hydrogen (secondary N) is 1. The van der Waals surface area contributed by atoms with E-state index in [1.807, 2.05) is 30.3 Å². The predicted molar refractivity (Wildman–Crippen MR) is 90.0 cm³/mol. The number of nitrogens with zero attached hydrogens (tertiary/aromatic N) is 1. The molecule has 1 aromatic rings. The first-order valence-corrected chi connectivity index (χ1v) is 8.30. The van der Waals surface area contributed by atoms with Gasteiger partial charge in [-0.3, -0.25) is 9.69 Å². The summed E-state index contributed by atoms with van der Waals surface area (Å²) in [6.45, 7) is 3.41. The van der Waals surface area contributed by atoms with Crippen LogP contribution in [0.3, 0.4) is 0 Å². The lowest BCUT2D eigenvalue weighted by Crippen LogP contribution is -2.49. The Morgan fingerprint density at radius 1 is 1.39 bits per heavy atom. The number of ether oxygens (including phenoxy) is 1. The Bertz CT molecular complexity index is 480. The monoisotopic (exact) mass is 320 g/mol. The van der Waals surface area contributed by atoms with Crippen LogP contribution in [0, 0.1) is 5.41 Å². The third-order valence-corrected chi connectivity index (χ3v) is 4.61. The number of rotatable bonds is 8. The SMILES string of the molecule is COCCC1(CO)CCCN(CC(=O)NCc2ccccc2)C1. The molecule has 1 atom stereocenters. The zero-order chi connectivity index (χ0) is 16.5. The van der Waals surface area contributed by atoms with E-state index < -0.39 is 0 Å². The number of piperidine rings is 1. The van der Waals surface area contributed by atoms with Crippen LogP contribution in [0.2, 0.25) is 0 Å². The molecule has 1 aliphatic heterocycles. The van der Waals surface area contributed by atoms with Crippen molar-refractivity contribution in [1.29, 1.82) is 0 Å². The normalized spacial score (nSPS) is 22.0. The summed E-state index contributed by atoms with van der Waals surface area (Å²) in [7, 11) is 1.68. The molecule has 1 saturated heterocycles. The highest BCUT2D eigenvalue weighted by Crippen LogP contribution is 2.32. The third kappa shape index (κ3) is 5.61. The van der Waals surface area contributed by atoms with Crippen LogP contribution in [0.4, 0.5) is 0 Å². The van der Waals surface area contributed by atoms with Crippen molar-refractivity contribution in [3.8, 4) is 0 Å². The minimum atomic E-state index is -0.131. The number of hydrogen-bond acceptors (Lipinski definition) is 4. The quantitative estimate of drug-likeness (QED) is 0.760. The number of amides is 1. The van der Waals surface area contributed by atoms with Crippen molar-refractivity contribution < 1.29 is 14.6 Å². The van der Waals surface area contributed by atoms with Gasteiger partial charge in [-0.25, -0.2) is 0 Å². The Balaban J connectivity index is 1.80. The van der Waals surface area contributed by atoms with Crippen LogP contribution in [0.5, 0.6) is 0 Å². The van der Waals surface area contributed by atoms with E-state index in [2.05, 4.69) is 10.2 Å². The standard InChI is InChI=1S/C18H28N2O3/c1-23-11-9-18(15-21)8-5-10-20(14-18)13-17(22)19-12-16-6-3-2-4-7-16/h2-4,6-7,21H,5,8-15H2,1H3,(H,19,22). The van der Waals surface area contributed by atoms with Crippen molar-refractivity contribution in [2.75, 3.05) is 40.0 Å². The lowest BCUT2D eigenvalue weighted by atomic mass is 9.78. The Labute approximate surface area is 138 Å². The van der Waals surface area contributed by atoms with Crippen LogP contribution >= 0.6 is 0 Å². The molecule has 0 radical (unpaired) electrons. The molecule has 2 N–H and O–H groups in total. The fraction of sp³-hybridized carbons (Fsp3) is 0.611. The first kappa shape index (κ1) is 17.9. The van der Waals surface area contributed by atoms with Gasteiger partial charge in [-0.1, -0.05) is 30.3 Å². The van der Waals surface area contributed by atoms with E-state index in [4.69, 9.17) is 4.74 Å². The number of hydrogen-bond donors (Lipinski definition) is 2. The molecule has 23 heavy (non-hydrogen) atoms. The van der Waals surface area contributed by atoms with E-state index in [0.29, 0.717) is 19.7 Å². The van der Waals surface area contributed by atoms with E-state index in [-0.39, 0.29) is 17.9 Å². The zero-order valence-corrected chi connectivity index (χ0v) is 14.0. The van der Waals surface area contributed by atoms with Gasteiger partial charge in [0.1, 0.15) is 0 Å². The first-order valence-electron chi connectivity index (χ1n) is 8.30. The van der Waals surface area contributed by atoms with E-state index in [0.717, 1.165) is 37.9 Å². The van der Waals surface area contributed by atoms with Crippen LogP contribution in [-0.2, 0) is 16.1 Å². The number of likely N-dealkylation sites (tertiary alicyclic amines) is 1. The van der Waals surface area contributed by atoms with E-state index >= 15 is 0 Å². The maximum Gasteiger partial charge on any atom is 0.234 e. The van der Waals surface area contributed by atoms with Crippen molar-refractivity contribution in [3.05, 3.63) is 35.9 Å². The number of carbonyl (C=O) groups excluding carboxylic acids is 1. The van der Waals surface area contributed by atoms with Gasteiger partial charge in [0.15, 0.2) is 0 Å². The molecule has 2 rings (SSSR count). The second-order valence-corrected chi connectivity index (χ2v) is 6.48. The molecule has 0 saturated carbocycles. The molecule has 0 aromatic heterocycles. The van der Waals surface area contributed by atoms with Gasteiger partial charge >= 0.3 is 0 Å². The highest BCUT2D eigenvalue weighted by atomic mass is 16.5. The molecular weight excluding hydrogens is 292 g/mol. The largest absolute Gasteiger partial charge is 0.396 e. The van der Waals surface area contributed by atoms with Crippen LogP contribution in [-0.4, -0.2) is 55.9 Å². The fourth-order valence-electron chi connectivity index (χ4n) is 3.23. The van der Waals surface area contributed by atoms with E-state index in [1.165, 1.54) is 0 Å². The number of aliphatic hydroxyl groups is 1. The van der Waals surface area contributed by atoms with Gasteiger partial charge in [-0.05, 0) is 31.4 Å². The third-order valence-electron chi connectivity index (χ3n) is 4.61.